The molecule has 0 radical (unpaired) electrons. The zero-order chi connectivity index (χ0) is 16.9. The molecule has 2 aromatic rings. The van der Waals surface area contributed by atoms with E-state index in [1.54, 1.807) is 6.07 Å². The first-order valence-corrected chi connectivity index (χ1v) is 8.26. The van der Waals surface area contributed by atoms with Crippen molar-refractivity contribution in [2.45, 2.75) is 19.8 Å². The molecule has 1 aliphatic rings. The summed E-state index contributed by atoms with van der Waals surface area (Å²) in [5, 5.41) is 0. The van der Waals surface area contributed by atoms with Crippen LogP contribution in [0.15, 0.2) is 47.5 Å². The highest BCUT2D eigenvalue weighted by Gasteiger charge is 2.12. The summed E-state index contributed by atoms with van der Waals surface area (Å²) < 4.78 is 4.80. The molecule has 1 heterocycles. The van der Waals surface area contributed by atoms with E-state index in [2.05, 4.69) is 34.2 Å². The molecule has 0 N–H and O–H groups in total. The van der Waals surface area contributed by atoms with E-state index in [4.69, 9.17) is 4.74 Å². The number of carbonyl (C=O) groups excluding carboxylic acids is 1. The quantitative estimate of drug-likeness (QED) is 0.628. The summed E-state index contributed by atoms with van der Waals surface area (Å²) in [4.78, 5) is 18.7. The van der Waals surface area contributed by atoms with Crippen molar-refractivity contribution in [3.63, 3.8) is 0 Å². The van der Waals surface area contributed by atoms with Crippen LogP contribution in [0.4, 0.5) is 11.4 Å². The first-order valence-electron chi connectivity index (χ1n) is 8.26. The lowest BCUT2D eigenvalue weighted by Crippen LogP contribution is -2.17. The number of nitrogens with zero attached hydrogens (tertiary/aromatic N) is 2. The molecule has 4 nitrogen and oxygen atoms in total. The van der Waals surface area contributed by atoms with Crippen LogP contribution < -0.4 is 4.90 Å². The summed E-state index contributed by atoms with van der Waals surface area (Å²) in [5.74, 6) is -0.334. The molecule has 4 heteroatoms. The lowest BCUT2D eigenvalue weighted by Gasteiger charge is -2.17. The van der Waals surface area contributed by atoms with E-state index >= 15 is 0 Å². The van der Waals surface area contributed by atoms with Gasteiger partial charge in [0, 0.05) is 25.0 Å². The first-order chi connectivity index (χ1) is 11.7. The molecule has 0 saturated carbocycles. The van der Waals surface area contributed by atoms with E-state index in [0.29, 0.717) is 5.56 Å². The summed E-state index contributed by atoms with van der Waals surface area (Å²) in [7, 11) is 1.39. The Bertz CT molecular complexity index is 745. The average Bonchev–Trinajstić information content (AvgIpc) is 3.15. The number of methoxy groups -OCH3 is 1. The molecule has 0 atom stereocenters. The molecule has 0 amide bonds. The molecule has 0 spiro atoms. The maximum absolute atomic E-state index is 11.7. The van der Waals surface area contributed by atoms with Gasteiger partial charge in [0.1, 0.15) is 0 Å². The van der Waals surface area contributed by atoms with Gasteiger partial charge in [-0.3, -0.25) is 4.99 Å². The smallest absolute Gasteiger partial charge is 0.338 e. The number of hydrogen-bond acceptors (Lipinski definition) is 4. The van der Waals surface area contributed by atoms with E-state index in [9.17, 15) is 4.79 Å². The minimum absolute atomic E-state index is 0.334. The summed E-state index contributed by atoms with van der Waals surface area (Å²) in [5.41, 5.74) is 4.47. The fraction of sp³-hybridized carbons (Fsp3) is 0.300. The van der Waals surface area contributed by atoms with Gasteiger partial charge in [0.25, 0.3) is 0 Å². The summed E-state index contributed by atoms with van der Waals surface area (Å²) >= 11 is 0. The summed E-state index contributed by atoms with van der Waals surface area (Å²) in [6.45, 7) is 4.18. The fourth-order valence-electron chi connectivity index (χ4n) is 2.99. The molecule has 1 fully saturated rings. The minimum atomic E-state index is -0.334. The third-order valence-corrected chi connectivity index (χ3v) is 4.43. The lowest BCUT2D eigenvalue weighted by atomic mass is 10.1. The van der Waals surface area contributed by atoms with Gasteiger partial charge in [-0.25, -0.2) is 4.79 Å². The van der Waals surface area contributed by atoms with Crippen LogP contribution in [0, 0.1) is 6.92 Å². The van der Waals surface area contributed by atoms with Crippen molar-refractivity contribution in [2.75, 3.05) is 25.1 Å². The highest BCUT2D eigenvalue weighted by Crippen LogP contribution is 2.23. The van der Waals surface area contributed by atoms with Crippen molar-refractivity contribution in [1.82, 2.24) is 0 Å². The minimum Gasteiger partial charge on any atom is -0.465 e. The van der Waals surface area contributed by atoms with Crippen LogP contribution in [0.3, 0.4) is 0 Å². The number of rotatable bonds is 4. The van der Waals surface area contributed by atoms with Crippen molar-refractivity contribution >= 4 is 23.6 Å². The van der Waals surface area contributed by atoms with Gasteiger partial charge < -0.3 is 9.64 Å². The van der Waals surface area contributed by atoms with Crippen molar-refractivity contribution in [3.8, 4) is 0 Å². The number of aliphatic imine (C=N–C) groups is 1. The van der Waals surface area contributed by atoms with E-state index in [0.717, 1.165) is 29.9 Å². The topological polar surface area (TPSA) is 41.9 Å². The second kappa shape index (κ2) is 7.30. The van der Waals surface area contributed by atoms with E-state index in [1.165, 1.54) is 25.6 Å². The van der Waals surface area contributed by atoms with Crippen molar-refractivity contribution < 1.29 is 9.53 Å². The van der Waals surface area contributed by atoms with Crippen LogP contribution in [0.25, 0.3) is 0 Å². The maximum Gasteiger partial charge on any atom is 0.338 e. The predicted molar refractivity (Wildman–Crippen MR) is 97.7 cm³/mol. The molecule has 0 bridgehead atoms. The fourth-order valence-corrected chi connectivity index (χ4v) is 2.99. The van der Waals surface area contributed by atoms with Gasteiger partial charge in [0.2, 0.25) is 0 Å². The van der Waals surface area contributed by atoms with Gasteiger partial charge in [0.15, 0.2) is 0 Å². The number of hydrogen-bond donors (Lipinski definition) is 0. The standard InChI is InChI=1S/C20H22N2O2/c1-15-18(20(23)24-2)6-5-7-19(15)21-14-16-8-10-17(11-9-16)22-12-3-4-13-22/h5-11,14H,3-4,12-13H2,1-2H3. The molecule has 24 heavy (non-hydrogen) atoms. The SMILES string of the molecule is COC(=O)c1cccc(N=Cc2ccc(N3CCCC3)cc2)c1C. The van der Waals surface area contributed by atoms with Crippen LogP contribution in [-0.2, 0) is 4.74 Å². The number of anilines is 1. The monoisotopic (exact) mass is 322 g/mol. The average molecular weight is 322 g/mol. The molecular formula is C20H22N2O2. The van der Waals surface area contributed by atoms with Gasteiger partial charge in [-0.1, -0.05) is 18.2 Å². The van der Waals surface area contributed by atoms with Crippen LogP contribution in [0.2, 0.25) is 0 Å². The highest BCUT2D eigenvalue weighted by atomic mass is 16.5. The lowest BCUT2D eigenvalue weighted by molar-refractivity contribution is 0.0600. The zero-order valence-corrected chi connectivity index (χ0v) is 14.2. The van der Waals surface area contributed by atoms with Crippen LogP contribution >= 0.6 is 0 Å². The Kier molecular flexibility index (Phi) is 4.94. The van der Waals surface area contributed by atoms with Gasteiger partial charge in [-0.05, 0) is 55.2 Å². The molecule has 124 valence electrons. The normalized spacial score (nSPS) is 14.3. The van der Waals surface area contributed by atoms with Gasteiger partial charge in [-0.2, -0.15) is 0 Å². The summed E-state index contributed by atoms with van der Waals surface area (Å²) in [6.07, 6.45) is 4.38. The molecular weight excluding hydrogens is 300 g/mol. The van der Waals surface area contributed by atoms with Crippen molar-refractivity contribution in [2.24, 2.45) is 4.99 Å². The van der Waals surface area contributed by atoms with Crippen LogP contribution in [0.5, 0.6) is 0 Å². The molecule has 0 unspecified atom stereocenters. The summed E-state index contributed by atoms with van der Waals surface area (Å²) in [6, 6.07) is 13.9. The van der Waals surface area contributed by atoms with E-state index in [1.807, 2.05) is 25.3 Å². The third kappa shape index (κ3) is 3.48. The number of carbonyl (C=O) groups is 1. The Morgan fingerprint density at radius 1 is 1.12 bits per heavy atom. The Morgan fingerprint density at radius 2 is 1.83 bits per heavy atom. The van der Waals surface area contributed by atoms with Gasteiger partial charge in [0.05, 0.1) is 18.4 Å². The molecule has 1 saturated heterocycles. The number of ether oxygens (including phenoxy) is 1. The van der Waals surface area contributed by atoms with Crippen LogP contribution in [0.1, 0.15) is 34.3 Å². The van der Waals surface area contributed by atoms with E-state index < -0.39 is 0 Å². The van der Waals surface area contributed by atoms with Gasteiger partial charge in [-0.15, -0.1) is 0 Å². The number of benzene rings is 2. The maximum atomic E-state index is 11.7. The Labute approximate surface area is 142 Å². The Morgan fingerprint density at radius 3 is 2.50 bits per heavy atom. The third-order valence-electron chi connectivity index (χ3n) is 4.43. The molecule has 2 aromatic carbocycles. The second-order valence-corrected chi connectivity index (χ2v) is 5.99. The number of esters is 1. The van der Waals surface area contributed by atoms with E-state index in [-0.39, 0.29) is 5.97 Å². The first kappa shape index (κ1) is 16.2. The van der Waals surface area contributed by atoms with Gasteiger partial charge >= 0.3 is 5.97 Å². The predicted octanol–water partition coefficient (Wildman–Crippen LogP) is 4.13. The highest BCUT2D eigenvalue weighted by molar-refractivity contribution is 5.93. The van der Waals surface area contributed by atoms with Crippen molar-refractivity contribution in [3.05, 3.63) is 59.2 Å². The van der Waals surface area contributed by atoms with Crippen molar-refractivity contribution in [1.29, 1.82) is 0 Å². The Balaban J connectivity index is 1.77. The van der Waals surface area contributed by atoms with Crippen LogP contribution in [-0.4, -0.2) is 32.4 Å². The molecule has 0 aliphatic carbocycles. The Hall–Kier alpha value is -2.62. The largest absolute Gasteiger partial charge is 0.465 e. The molecule has 3 rings (SSSR count). The second-order valence-electron chi connectivity index (χ2n) is 5.99. The zero-order valence-electron chi connectivity index (χ0n) is 14.2. The molecule has 1 aliphatic heterocycles. The molecule has 0 aromatic heterocycles.